The maximum atomic E-state index is 11.9. The zero-order valence-electron chi connectivity index (χ0n) is 12.1. The quantitative estimate of drug-likeness (QED) is 0.746. The van der Waals surface area contributed by atoms with Crippen LogP contribution in [0.4, 0.5) is 0 Å². The second kappa shape index (κ2) is 7.87. The maximum absolute atomic E-state index is 11.9. The molecule has 1 aromatic carbocycles. The van der Waals surface area contributed by atoms with E-state index in [1.54, 1.807) is 24.3 Å². The van der Waals surface area contributed by atoms with Crippen molar-refractivity contribution in [2.75, 3.05) is 19.0 Å². The second-order valence-corrected chi connectivity index (χ2v) is 7.04. The largest absolute Gasteiger partial charge is 0.490 e. The Labute approximate surface area is 124 Å². The van der Waals surface area contributed by atoms with Gasteiger partial charge < -0.3 is 14.6 Å². The number of carboxylic acid groups (broad SMARTS) is 1. The Hall–Kier alpha value is -1.76. The molecule has 0 heterocycles. The van der Waals surface area contributed by atoms with Gasteiger partial charge in [0.25, 0.3) is 0 Å². The Balaban J connectivity index is 2.59. The van der Waals surface area contributed by atoms with Gasteiger partial charge >= 0.3 is 5.97 Å². The molecule has 0 saturated heterocycles. The van der Waals surface area contributed by atoms with Crippen LogP contribution < -0.4 is 9.47 Å². The summed E-state index contributed by atoms with van der Waals surface area (Å²) in [6.45, 7) is 3.66. The van der Waals surface area contributed by atoms with Crippen LogP contribution in [-0.4, -0.2) is 43.7 Å². The lowest BCUT2D eigenvalue weighted by molar-refractivity contribution is -0.136. The van der Waals surface area contributed by atoms with Crippen LogP contribution in [-0.2, 0) is 14.6 Å². The topological polar surface area (TPSA) is 89.9 Å². The summed E-state index contributed by atoms with van der Waals surface area (Å²) in [4.78, 5) is 10.6. The minimum Gasteiger partial charge on any atom is -0.490 e. The second-order valence-electron chi connectivity index (χ2n) is 4.50. The molecule has 0 radical (unpaired) electrons. The Morgan fingerprint density at radius 2 is 1.81 bits per heavy atom. The fourth-order valence-electron chi connectivity index (χ4n) is 1.69. The van der Waals surface area contributed by atoms with E-state index >= 15 is 0 Å². The van der Waals surface area contributed by atoms with Crippen LogP contribution in [0.15, 0.2) is 24.3 Å². The molecule has 0 bridgehead atoms. The Morgan fingerprint density at radius 3 is 2.33 bits per heavy atom. The Morgan fingerprint density at radius 1 is 1.24 bits per heavy atom. The minimum atomic E-state index is -3.50. The van der Waals surface area contributed by atoms with Gasteiger partial charge in [-0.3, -0.25) is 4.79 Å². The van der Waals surface area contributed by atoms with Gasteiger partial charge in [-0.2, -0.15) is 0 Å². The number of ether oxygens (including phenoxy) is 2. The average molecular weight is 316 g/mol. The SMILES string of the molecule is CCOc1ccccc1OCCS(=O)(=O)C(C)CC(=O)O. The van der Waals surface area contributed by atoms with E-state index in [4.69, 9.17) is 14.6 Å². The van der Waals surface area contributed by atoms with Gasteiger partial charge in [-0.05, 0) is 26.0 Å². The van der Waals surface area contributed by atoms with Gasteiger partial charge in [0, 0.05) is 0 Å². The minimum absolute atomic E-state index is 0.0453. The molecule has 0 amide bonds. The molecule has 1 atom stereocenters. The molecule has 0 fully saturated rings. The first-order valence-corrected chi connectivity index (χ1v) is 8.36. The van der Waals surface area contributed by atoms with Gasteiger partial charge in [0.05, 0.1) is 24.0 Å². The Kier molecular flexibility index (Phi) is 6.48. The third-order valence-corrected chi connectivity index (χ3v) is 4.98. The third-order valence-electron chi connectivity index (χ3n) is 2.85. The molecule has 0 saturated carbocycles. The molecule has 0 aromatic heterocycles. The van der Waals surface area contributed by atoms with Gasteiger partial charge in [0.1, 0.15) is 6.61 Å². The van der Waals surface area contributed by atoms with E-state index in [1.165, 1.54) is 6.92 Å². The molecule has 6 nitrogen and oxygen atoms in total. The van der Waals surface area contributed by atoms with Crippen molar-refractivity contribution in [3.05, 3.63) is 24.3 Å². The van der Waals surface area contributed by atoms with Crippen LogP contribution in [0.1, 0.15) is 20.3 Å². The molecular weight excluding hydrogens is 296 g/mol. The van der Waals surface area contributed by atoms with Crippen molar-refractivity contribution in [1.29, 1.82) is 0 Å². The van der Waals surface area contributed by atoms with E-state index in [0.717, 1.165) is 0 Å². The normalized spacial score (nSPS) is 12.7. The fraction of sp³-hybridized carbons (Fsp3) is 0.500. The molecule has 0 aliphatic carbocycles. The van der Waals surface area contributed by atoms with Gasteiger partial charge in [-0.25, -0.2) is 8.42 Å². The van der Waals surface area contributed by atoms with Crippen LogP contribution in [0.3, 0.4) is 0 Å². The van der Waals surface area contributed by atoms with Gasteiger partial charge in [-0.1, -0.05) is 12.1 Å². The predicted molar refractivity (Wildman–Crippen MR) is 78.6 cm³/mol. The number of aliphatic carboxylic acids is 1. The zero-order chi connectivity index (χ0) is 15.9. The summed E-state index contributed by atoms with van der Waals surface area (Å²) in [7, 11) is -3.50. The van der Waals surface area contributed by atoms with Crippen LogP contribution in [0, 0.1) is 0 Å². The first-order valence-electron chi connectivity index (χ1n) is 6.64. The van der Waals surface area contributed by atoms with Crippen LogP contribution in [0.25, 0.3) is 0 Å². The molecule has 1 unspecified atom stereocenters. The van der Waals surface area contributed by atoms with E-state index in [2.05, 4.69) is 0 Å². The highest BCUT2D eigenvalue weighted by molar-refractivity contribution is 7.92. The van der Waals surface area contributed by atoms with E-state index in [9.17, 15) is 13.2 Å². The van der Waals surface area contributed by atoms with Crippen molar-refractivity contribution in [3.8, 4) is 11.5 Å². The van der Waals surface area contributed by atoms with E-state index in [-0.39, 0.29) is 12.4 Å². The van der Waals surface area contributed by atoms with Crippen molar-refractivity contribution in [2.24, 2.45) is 0 Å². The van der Waals surface area contributed by atoms with Crippen molar-refractivity contribution in [3.63, 3.8) is 0 Å². The maximum Gasteiger partial charge on any atom is 0.304 e. The number of carboxylic acids is 1. The van der Waals surface area contributed by atoms with Crippen LogP contribution in [0.2, 0.25) is 0 Å². The van der Waals surface area contributed by atoms with Crippen LogP contribution >= 0.6 is 0 Å². The van der Waals surface area contributed by atoms with Gasteiger partial charge in [0.2, 0.25) is 0 Å². The van der Waals surface area contributed by atoms with Crippen molar-refractivity contribution in [1.82, 2.24) is 0 Å². The van der Waals surface area contributed by atoms with Crippen molar-refractivity contribution < 1.29 is 27.8 Å². The summed E-state index contributed by atoms with van der Waals surface area (Å²) in [5, 5.41) is 7.70. The van der Waals surface area contributed by atoms with E-state index < -0.39 is 27.5 Å². The summed E-state index contributed by atoms with van der Waals surface area (Å²) in [5.74, 6) is -0.341. The first-order chi connectivity index (χ1) is 9.86. The summed E-state index contributed by atoms with van der Waals surface area (Å²) < 4.78 is 34.6. The Bertz CT molecular complexity index is 567. The molecule has 1 rings (SSSR count). The molecule has 0 aliphatic heterocycles. The number of hydrogen-bond donors (Lipinski definition) is 1. The lowest BCUT2D eigenvalue weighted by atomic mass is 10.3. The first kappa shape index (κ1) is 17.3. The number of carbonyl (C=O) groups is 1. The van der Waals surface area contributed by atoms with Gasteiger partial charge in [-0.15, -0.1) is 0 Å². The molecular formula is C14H20O6S. The monoisotopic (exact) mass is 316 g/mol. The lowest BCUT2D eigenvalue weighted by Crippen LogP contribution is -2.26. The van der Waals surface area contributed by atoms with Crippen LogP contribution in [0.5, 0.6) is 11.5 Å². The molecule has 118 valence electrons. The summed E-state index contributed by atoms with van der Waals surface area (Å²) in [6.07, 6.45) is -0.405. The number of hydrogen-bond acceptors (Lipinski definition) is 5. The molecule has 1 N–H and O–H groups in total. The number of sulfone groups is 1. The number of para-hydroxylation sites is 2. The number of rotatable bonds is 9. The fourth-order valence-corrected chi connectivity index (χ4v) is 2.80. The lowest BCUT2D eigenvalue weighted by Gasteiger charge is -2.13. The highest BCUT2D eigenvalue weighted by Crippen LogP contribution is 2.26. The van der Waals surface area contributed by atoms with E-state index in [1.807, 2.05) is 6.92 Å². The summed E-state index contributed by atoms with van der Waals surface area (Å²) >= 11 is 0. The standard InChI is InChI=1S/C14H20O6S/c1-3-19-12-6-4-5-7-13(12)20-8-9-21(17,18)11(2)10-14(15)16/h4-7,11H,3,8-10H2,1-2H3,(H,15,16). The average Bonchev–Trinajstić information content (AvgIpc) is 2.40. The predicted octanol–water partition coefficient (Wildman–Crippen LogP) is 1.74. The highest BCUT2D eigenvalue weighted by atomic mass is 32.2. The smallest absolute Gasteiger partial charge is 0.304 e. The van der Waals surface area contributed by atoms with Crippen molar-refractivity contribution in [2.45, 2.75) is 25.5 Å². The summed E-state index contributed by atoms with van der Waals surface area (Å²) in [5.41, 5.74) is 0. The number of benzene rings is 1. The molecule has 1 aromatic rings. The molecule has 7 heteroatoms. The third kappa shape index (κ3) is 5.63. The summed E-state index contributed by atoms with van der Waals surface area (Å²) in [6, 6.07) is 6.99. The highest BCUT2D eigenvalue weighted by Gasteiger charge is 2.23. The zero-order valence-corrected chi connectivity index (χ0v) is 12.9. The van der Waals surface area contributed by atoms with Crippen molar-refractivity contribution >= 4 is 15.8 Å². The van der Waals surface area contributed by atoms with E-state index in [0.29, 0.717) is 18.1 Å². The molecule has 0 aliphatic rings. The van der Waals surface area contributed by atoms with Gasteiger partial charge in [0.15, 0.2) is 21.3 Å². The molecule has 21 heavy (non-hydrogen) atoms. The molecule has 0 spiro atoms.